The summed E-state index contributed by atoms with van der Waals surface area (Å²) in [6.07, 6.45) is 13.8. The SMILES string of the molecule is CCCCCC(C)N(CCCC)c1ncc(CCC)cn1. The lowest BCUT2D eigenvalue weighted by molar-refractivity contribution is 0.529. The van der Waals surface area contributed by atoms with Crippen LogP contribution in [0.2, 0.25) is 0 Å². The molecule has 0 N–H and O–H groups in total. The van der Waals surface area contributed by atoms with E-state index in [1.165, 1.54) is 44.1 Å². The molecule has 0 aliphatic carbocycles. The zero-order valence-corrected chi connectivity index (χ0v) is 14.4. The van der Waals surface area contributed by atoms with E-state index >= 15 is 0 Å². The molecular weight excluding hydrogens is 258 g/mol. The molecule has 1 aromatic rings. The number of hydrogen-bond donors (Lipinski definition) is 0. The van der Waals surface area contributed by atoms with E-state index in [1.807, 2.05) is 12.4 Å². The number of rotatable bonds is 11. The van der Waals surface area contributed by atoms with Crippen LogP contribution in [0.25, 0.3) is 0 Å². The van der Waals surface area contributed by atoms with Crippen LogP contribution in [-0.2, 0) is 6.42 Å². The summed E-state index contributed by atoms with van der Waals surface area (Å²) in [6, 6.07) is 0.528. The Hall–Kier alpha value is -1.12. The predicted molar refractivity (Wildman–Crippen MR) is 91.9 cm³/mol. The van der Waals surface area contributed by atoms with E-state index in [-0.39, 0.29) is 0 Å². The van der Waals surface area contributed by atoms with Gasteiger partial charge in [0.25, 0.3) is 0 Å². The maximum absolute atomic E-state index is 4.61. The lowest BCUT2D eigenvalue weighted by Crippen LogP contribution is -2.35. The van der Waals surface area contributed by atoms with Crippen molar-refractivity contribution < 1.29 is 0 Å². The summed E-state index contributed by atoms with van der Waals surface area (Å²) < 4.78 is 0. The van der Waals surface area contributed by atoms with E-state index in [0.29, 0.717) is 6.04 Å². The van der Waals surface area contributed by atoms with E-state index in [1.54, 1.807) is 0 Å². The van der Waals surface area contributed by atoms with Crippen molar-refractivity contribution in [1.82, 2.24) is 9.97 Å². The van der Waals surface area contributed by atoms with Crippen LogP contribution in [0.5, 0.6) is 0 Å². The first kappa shape index (κ1) is 17.9. The van der Waals surface area contributed by atoms with Gasteiger partial charge in [0.15, 0.2) is 0 Å². The van der Waals surface area contributed by atoms with Gasteiger partial charge >= 0.3 is 0 Å². The van der Waals surface area contributed by atoms with Gasteiger partial charge in [0.2, 0.25) is 5.95 Å². The quantitative estimate of drug-likeness (QED) is 0.537. The second kappa shape index (κ2) is 10.6. The predicted octanol–water partition coefficient (Wildman–Crippen LogP) is 5.00. The lowest BCUT2D eigenvalue weighted by atomic mass is 10.1. The second-order valence-electron chi connectivity index (χ2n) is 6.03. The smallest absolute Gasteiger partial charge is 0.225 e. The van der Waals surface area contributed by atoms with Crippen molar-refractivity contribution in [2.75, 3.05) is 11.4 Å². The molecule has 1 aromatic heterocycles. The third kappa shape index (κ3) is 6.45. The molecule has 0 fully saturated rings. The van der Waals surface area contributed by atoms with Crippen LogP contribution < -0.4 is 4.90 Å². The zero-order valence-electron chi connectivity index (χ0n) is 14.4. The fourth-order valence-electron chi connectivity index (χ4n) is 2.61. The standard InChI is InChI=1S/C18H33N3/c1-5-8-10-12-16(4)21(13-9-6-2)18-19-14-17(11-7-3)15-20-18/h14-16H,5-13H2,1-4H3. The molecule has 0 saturated heterocycles. The van der Waals surface area contributed by atoms with Gasteiger partial charge < -0.3 is 4.90 Å². The molecule has 0 spiro atoms. The topological polar surface area (TPSA) is 29.0 Å². The van der Waals surface area contributed by atoms with Crippen LogP contribution in [0.4, 0.5) is 5.95 Å². The maximum atomic E-state index is 4.61. The summed E-state index contributed by atoms with van der Waals surface area (Å²) in [5.41, 5.74) is 1.25. The van der Waals surface area contributed by atoms with Gasteiger partial charge in [-0.25, -0.2) is 9.97 Å². The van der Waals surface area contributed by atoms with Crippen LogP contribution in [0, 0.1) is 0 Å². The number of aryl methyl sites for hydroxylation is 1. The molecule has 0 aliphatic heterocycles. The van der Waals surface area contributed by atoms with Crippen molar-refractivity contribution >= 4 is 5.95 Å². The summed E-state index contributed by atoms with van der Waals surface area (Å²) in [4.78, 5) is 11.6. The highest BCUT2D eigenvalue weighted by atomic mass is 15.3. The third-order valence-electron chi connectivity index (χ3n) is 4.00. The number of unbranched alkanes of at least 4 members (excludes halogenated alkanes) is 3. The molecule has 0 radical (unpaired) electrons. The molecule has 3 nitrogen and oxygen atoms in total. The maximum Gasteiger partial charge on any atom is 0.225 e. The first-order chi connectivity index (χ1) is 10.2. The Bertz CT molecular complexity index is 361. The van der Waals surface area contributed by atoms with E-state index in [4.69, 9.17) is 0 Å². The summed E-state index contributed by atoms with van der Waals surface area (Å²) in [5.74, 6) is 0.910. The van der Waals surface area contributed by atoms with Crippen LogP contribution in [0.15, 0.2) is 12.4 Å². The first-order valence-electron chi connectivity index (χ1n) is 8.80. The first-order valence-corrected chi connectivity index (χ1v) is 8.80. The van der Waals surface area contributed by atoms with Crippen LogP contribution in [0.1, 0.15) is 78.2 Å². The van der Waals surface area contributed by atoms with Crippen molar-refractivity contribution in [3.05, 3.63) is 18.0 Å². The third-order valence-corrected chi connectivity index (χ3v) is 4.00. The Balaban J connectivity index is 2.70. The number of aromatic nitrogens is 2. The Morgan fingerprint density at radius 2 is 1.62 bits per heavy atom. The molecule has 21 heavy (non-hydrogen) atoms. The van der Waals surface area contributed by atoms with Gasteiger partial charge in [0.05, 0.1) is 0 Å². The van der Waals surface area contributed by atoms with Gasteiger partial charge in [-0.3, -0.25) is 0 Å². The molecule has 1 heterocycles. The fourth-order valence-corrected chi connectivity index (χ4v) is 2.61. The molecule has 0 aliphatic rings. The largest absolute Gasteiger partial charge is 0.338 e. The monoisotopic (exact) mass is 291 g/mol. The Morgan fingerprint density at radius 3 is 2.19 bits per heavy atom. The van der Waals surface area contributed by atoms with Gasteiger partial charge in [-0.15, -0.1) is 0 Å². The number of hydrogen-bond acceptors (Lipinski definition) is 3. The summed E-state index contributed by atoms with van der Waals surface area (Å²) in [7, 11) is 0. The van der Waals surface area contributed by atoms with Gasteiger partial charge in [0, 0.05) is 25.0 Å². The van der Waals surface area contributed by atoms with Gasteiger partial charge in [-0.1, -0.05) is 52.9 Å². The highest BCUT2D eigenvalue weighted by Gasteiger charge is 2.16. The molecule has 0 aromatic carbocycles. The molecule has 1 unspecified atom stereocenters. The second-order valence-corrected chi connectivity index (χ2v) is 6.03. The zero-order chi connectivity index (χ0) is 15.5. The molecule has 0 amide bonds. The van der Waals surface area contributed by atoms with E-state index in [0.717, 1.165) is 25.3 Å². The van der Waals surface area contributed by atoms with Crippen molar-refractivity contribution in [2.45, 2.75) is 85.1 Å². The van der Waals surface area contributed by atoms with Gasteiger partial charge in [-0.05, 0) is 31.7 Å². The number of nitrogens with zero attached hydrogens (tertiary/aromatic N) is 3. The average molecular weight is 291 g/mol. The van der Waals surface area contributed by atoms with E-state index in [9.17, 15) is 0 Å². The van der Waals surface area contributed by atoms with Crippen LogP contribution in [0.3, 0.4) is 0 Å². The average Bonchev–Trinajstić information content (AvgIpc) is 2.50. The summed E-state index contributed by atoms with van der Waals surface area (Å²) >= 11 is 0. The minimum atomic E-state index is 0.528. The van der Waals surface area contributed by atoms with E-state index in [2.05, 4.69) is 42.6 Å². The highest BCUT2D eigenvalue weighted by molar-refractivity contribution is 5.31. The minimum Gasteiger partial charge on any atom is -0.338 e. The minimum absolute atomic E-state index is 0.528. The van der Waals surface area contributed by atoms with Gasteiger partial charge in [0.1, 0.15) is 0 Å². The van der Waals surface area contributed by atoms with Crippen LogP contribution >= 0.6 is 0 Å². The molecule has 3 heteroatoms. The molecule has 120 valence electrons. The molecule has 1 atom stereocenters. The Morgan fingerprint density at radius 1 is 0.952 bits per heavy atom. The molecule has 1 rings (SSSR count). The molecule has 0 bridgehead atoms. The van der Waals surface area contributed by atoms with Crippen molar-refractivity contribution in [1.29, 1.82) is 0 Å². The molecular formula is C18H33N3. The van der Waals surface area contributed by atoms with Crippen LogP contribution in [-0.4, -0.2) is 22.6 Å². The molecule has 0 saturated carbocycles. The van der Waals surface area contributed by atoms with Crippen molar-refractivity contribution in [2.24, 2.45) is 0 Å². The van der Waals surface area contributed by atoms with E-state index < -0.39 is 0 Å². The Kier molecular flexibility index (Phi) is 9.04. The van der Waals surface area contributed by atoms with Gasteiger partial charge in [-0.2, -0.15) is 0 Å². The summed E-state index contributed by atoms with van der Waals surface area (Å²) in [6.45, 7) is 10.1. The normalized spacial score (nSPS) is 12.4. The number of anilines is 1. The highest BCUT2D eigenvalue weighted by Crippen LogP contribution is 2.17. The Labute approximate surface area is 131 Å². The van der Waals surface area contributed by atoms with Crippen molar-refractivity contribution in [3.8, 4) is 0 Å². The van der Waals surface area contributed by atoms with Crippen molar-refractivity contribution in [3.63, 3.8) is 0 Å². The summed E-state index contributed by atoms with van der Waals surface area (Å²) in [5, 5.41) is 0. The fraction of sp³-hybridized carbons (Fsp3) is 0.778. The lowest BCUT2D eigenvalue weighted by Gasteiger charge is -2.29.